The van der Waals surface area contributed by atoms with Crippen molar-refractivity contribution in [1.29, 1.82) is 0 Å². The molecule has 0 fully saturated rings. The zero-order chi connectivity index (χ0) is 18.7. The minimum absolute atomic E-state index is 0.0433. The number of nitrogens with zero attached hydrogens (tertiary/aromatic N) is 1. The second-order valence-corrected chi connectivity index (χ2v) is 8.07. The maximum atomic E-state index is 13.0. The van der Waals surface area contributed by atoms with Gasteiger partial charge in [0.2, 0.25) is 5.91 Å². The molecule has 0 aliphatic carbocycles. The summed E-state index contributed by atoms with van der Waals surface area (Å²) in [5, 5.41) is 2.07. The molecule has 0 saturated carbocycles. The quantitative estimate of drug-likeness (QED) is 0.738. The van der Waals surface area contributed by atoms with Crippen LogP contribution in [-0.4, -0.2) is 31.6 Å². The lowest BCUT2D eigenvalue weighted by atomic mass is 9.90. The molecule has 2 heterocycles. The summed E-state index contributed by atoms with van der Waals surface area (Å²) < 4.78 is 11.0. The van der Waals surface area contributed by atoms with Gasteiger partial charge in [-0.25, -0.2) is 0 Å². The Hall–Kier alpha value is -2.01. The summed E-state index contributed by atoms with van der Waals surface area (Å²) >= 11 is 1.70. The molecular weight excluding hydrogens is 346 g/mol. The zero-order valence-electron chi connectivity index (χ0n) is 16.0. The summed E-state index contributed by atoms with van der Waals surface area (Å²) in [4.78, 5) is 16.2. The standard InChI is InChI=1S/C21H27NO3S/c1-14(2)7-8-20(23)22-10-9-15-12-17(24-3)18(25-4)13-16(15)21(22)19-6-5-11-26-19/h5-6,11-14,21H,7-10H2,1-4H3. The average molecular weight is 374 g/mol. The third-order valence-electron chi connectivity index (χ3n) is 4.94. The topological polar surface area (TPSA) is 38.8 Å². The minimum atomic E-state index is -0.0433. The van der Waals surface area contributed by atoms with Gasteiger partial charge in [0.25, 0.3) is 0 Å². The van der Waals surface area contributed by atoms with Gasteiger partial charge in [0.1, 0.15) is 0 Å². The fourth-order valence-corrected chi connectivity index (χ4v) is 4.38. The molecule has 1 aliphatic heterocycles. The first-order valence-corrected chi connectivity index (χ1v) is 10.0. The third kappa shape index (κ3) is 3.73. The molecule has 26 heavy (non-hydrogen) atoms. The number of carbonyl (C=O) groups is 1. The number of ether oxygens (including phenoxy) is 2. The molecule has 4 nitrogen and oxygen atoms in total. The Morgan fingerprint density at radius 2 is 2.00 bits per heavy atom. The van der Waals surface area contributed by atoms with Crippen molar-refractivity contribution in [3.8, 4) is 11.5 Å². The van der Waals surface area contributed by atoms with Crippen molar-refractivity contribution in [2.24, 2.45) is 5.92 Å². The molecule has 0 spiro atoms. The van der Waals surface area contributed by atoms with E-state index in [1.807, 2.05) is 17.0 Å². The summed E-state index contributed by atoms with van der Waals surface area (Å²) in [7, 11) is 3.31. The first kappa shape index (κ1) is 18.8. The van der Waals surface area contributed by atoms with Crippen LogP contribution in [0.2, 0.25) is 0 Å². The SMILES string of the molecule is COc1cc2c(cc1OC)C(c1cccs1)N(C(=O)CCC(C)C)CC2. The average Bonchev–Trinajstić information content (AvgIpc) is 3.18. The van der Waals surface area contributed by atoms with Crippen molar-refractivity contribution in [2.75, 3.05) is 20.8 Å². The summed E-state index contributed by atoms with van der Waals surface area (Å²) in [6, 6.07) is 8.22. The molecule has 1 atom stereocenters. The first-order chi connectivity index (χ1) is 12.5. The van der Waals surface area contributed by atoms with Gasteiger partial charge in [0, 0.05) is 17.8 Å². The monoisotopic (exact) mass is 373 g/mol. The van der Waals surface area contributed by atoms with Crippen molar-refractivity contribution in [3.05, 3.63) is 45.6 Å². The Morgan fingerprint density at radius 3 is 2.62 bits per heavy atom. The van der Waals surface area contributed by atoms with Crippen molar-refractivity contribution >= 4 is 17.2 Å². The van der Waals surface area contributed by atoms with E-state index in [-0.39, 0.29) is 11.9 Å². The highest BCUT2D eigenvalue weighted by atomic mass is 32.1. The van der Waals surface area contributed by atoms with Crippen LogP contribution in [0.5, 0.6) is 11.5 Å². The normalized spacial score (nSPS) is 16.5. The fourth-order valence-electron chi connectivity index (χ4n) is 3.52. The summed E-state index contributed by atoms with van der Waals surface area (Å²) in [5.41, 5.74) is 2.38. The Bertz CT molecular complexity index is 755. The Balaban J connectivity index is 2.01. The van der Waals surface area contributed by atoms with Crippen LogP contribution in [-0.2, 0) is 11.2 Å². The van der Waals surface area contributed by atoms with Crippen LogP contribution in [0, 0.1) is 5.92 Å². The van der Waals surface area contributed by atoms with Crippen molar-refractivity contribution in [1.82, 2.24) is 4.90 Å². The van der Waals surface area contributed by atoms with Crippen molar-refractivity contribution < 1.29 is 14.3 Å². The zero-order valence-corrected chi connectivity index (χ0v) is 16.8. The molecule has 1 aliphatic rings. The lowest BCUT2D eigenvalue weighted by Gasteiger charge is -2.37. The van der Waals surface area contributed by atoms with Crippen LogP contribution in [0.3, 0.4) is 0 Å². The largest absolute Gasteiger partial charge is 0.493 e. The number of thiophene rings is 1. The molecule has 1 aromatic heterocycles. The maximum absolute atomic E-state index is 13.0. The lowest BCUT2D eigenvalue weighted by molar-refractivity contribution is -0.133. The molecule has 2 aromatic rings. The van der Waals surface area contributed by atoms with E-state index >= 15 is 0 Å². The van der Waals surface area contributed by atoms with E-state index in [0.29, 0.717) is 18.1 Å². The van der Waals surface area contributed by atoms with Gasteiger partial charge in [-0.15, -0.1) is 11.3 Å². The molecule has 5 heteroatoms. The van der Waals surface area contributed by atoms with E-state index in [9.17, 15) is 4.79 Å². The predicted molar refractivity (Wildman–Crippen MR) is 105 cm³/mol. The van der Waals surface area contributed by atoms with Crippen LogP contribution in [0.1, 0.15) is 48.7 Å². The fraction of sp³-hybridized carbons (Fsp3) is 0.476. The van der Waals surface area contributed by atoms with Crippen molar-refractivity contribution in [3.63, 3.8) is 0 Å². The first-order valence-electron chi connectivity index (χ1n) is 9.12. The van der Waals surface area contributed by atoms with Crippen LogP contribution in [0.25, 0.3) is 0 Å². The number of benzene rings is 1. The second-order valence-electron chi connectivity index (χ2n) is 7.09. The highest BCUT2D eigenvalue weighted by Gasteiger charge is 2.33. The number of fused-ring (bicyclic) bond motifs is 1. The van der Waals surface area contributed by atoms with Crippen LogP contribution >= 0.6 is 11.3 Å². The summed E-state index contributed by atoms with van der Waals surface area (Å²) in [5.74, 6) is 2.22. The number of amides is 1. The number of hydrogen-bond acceptors (Lipinski definition) is 4. The Labute approximate surface area is 159 Å². The lowest BCUT2D eigenvalue weighted by Crippen LogP contribution is -2.40. The second kappa shape index (κ2) is 8.12. The molecule has 0 radical (unpaired) electrons. The smallest absolute Gasteiger partial charge is 0.223 e. The Morgan fingerprint density at radius 1 is 1.27 bits per heavy atom. The van der Waals surface area contributed by atoms with Crippen LogP contribution < -0.4 is 9.47 Å². The van der Waals surface area contributed by atoms with Gasteiger partial charge < -0.3 is 14.4 Å². The predicted octanol–water partition coefficient (Wildman–Crippen LogP) is 4.68. The van der Waals surface area contributed by atoms with Gasteiger partial charge in [-0.3, -0.25) is 4.79 Å². The number of rotatable bonds is 6. The molecule has 1 amide bonds. The number of methoxy groups -OCH3 is 2. The highest BCUT2D eigenvalue weighted by molar-refractivity contribution is 7.10. The molecule has 1 unspecified atom stereocenters. The maximum Gasteiger partial charge on any atom is 0.223 e. The van der Waals surface area contributed by atoms with Gasteiger partial charge in [-0.2, -0.15) is 0 Å². The van der Waals surface area contributed by atoms with Crippen LogP contribution in [0.15, 0.2) is 29.6 Å². The van der Waals surface area contributed by atoms with Gasteiger partial charge in [-0.05, 0) is 53.5 Å². The van der Waals surface area contributed by atoms with Gasteiger partial charge in [-0.1, -0.05) is 19.9 Å². The molecular formula is C21H27NO3S. The third-order valence-corrected chi connectivity index (χ3v) is 5.87. The molecule has 1 aromatic carbocycles. The van der Waals surface area contributed by atoms with Crippen LogP contribution in [0.4, 0.5) is 0 Å². The van der Waals surface area contributed by atoms with E-state index in [1.165, 1.54) is 10.4 Å². The molecule has 0 saturated heterocycles. The number of carbonyl (C=O) groups excluding carboxylic acids is 1. The summed E-state index contributed by atoms with van der Waals surface area (Å²) in [6.07, 6.45) is 2.36. The van der Waals surface area contributed by atoms with Gasteiger partial charge >= 0.3 is 0 Å². The minimum Gasteiger partial charge on any atom is -0.493 e. The molecule has 0 N–H and O–H groups in total. The van der Waals surface area contributed by atoms with Crippen molar-refractivity contribution in [2.45, 2.75) is 39.2 Å². The van der Waals surface area contributed by atoms with E-state index in [4.69, 9.17) is 9.47 Å². The van der Waals surface area contributed by atoms with Gasteiger partial charge in [0.05, 0.1) is 20.3 Å². The highest BCUT2D eigenvalue weighted by Crippen LogP contribution is 2.42. The Kier molecular flexibility index (Phi) is 5.87. The molecule has 140 valence electrons. The van der Waals surface area contributed by atoms with E-state index in [0.717, 1.165) is 30.7 Å². The van der Waals surface area contributed by atoms with E-state index in [2.05, 4.69) is 31.4 Å². The van der Waals surface area contributed by atoms with E-state index < -0.39 is 0 Å². The summed E-state index contributed by atoms with van der Waals surface area (Å²) in [6.45, 7) is 5.06. The molecule has 0 bridgehead atoms. The number of hydrogen-bond donors (Lipinski definition) is 0. The molecule has 3 rings (SSSR count). The van der Waals surface area contributed by atoms with E-state index in [1.54, 1.807) is 25.6 Å². The van der Waals surface area contributed by atoms with Gasteiger partial charge in [0.15, 0.2) is 11.5 Å².